The van der Waals surface area contributed by atoms with Crippen molar-refractivity contribution in [2.24, 2.45) is 5.73 Å². The Morgan fingerprint density at radius 3 is 2.26 bits per heavy atom. The predicted octanol–water partition coefficient (Wildman–Crippen LogP) is 3.98. The number of carbonyl (C=O) groups excluding carboxylic acids is 1. The lowest BCUT2D eigenvalue weighted by Gasteiger charge is -2.10. The summed E-state index contributed by atoms with van der Waals surface area (Å²) in [6.45, 7) is 1.00. The molecule has 31 heavy (non-hydrogen) atoms. The van der Waals surface area contributed by atoms with Gasteiger partial charge in [-0.15, -0.1) is 0 Å². The highest BCUT2D eigenvalue weighted by atomic mass is 16.5. The van der Waals surface area contributed by atoms with Crippen molar-refractivity contribution in [3.05, 3.63) is 95.1 Å². The highest BCUT2D eigenvalue weighted by Crippen LogP contribution is 2.15. The Kier molecular flexibility index (Phi) is 7.61. The summed E-state index contributed by atoms with van der Waals surface area (Å²) in [5.41, 5.74) is 9.10. The number of hydrogen-bond acceptors (Lipinski definition) is 6. The lowest BCUT2D eigenvalue weighted by Crippen LogP contribution is -2.30. The zero-order valence-corrected chi connectivity index (χ0v) is 17.3. The Bertz CT molecular complexity index is 1020. The molecule has 0 aromatic heterocycles. The monoisotopic (exact) mass is 419 g/mol. The molecule has 7 heteroatoms. The van der Waals surface area contributed by atoms with E-state index >= 15 is 0 Å². The van der Waals surface area contributed by atoms with Crippen molar-refractivity contribution >= 4 is 11.9 Å². The minimum Gasteiger partial charge on any atom is -0.497 e. The van der Waals surface area contributed by atoms with E-state index in [1.807, 2.05) is 36.4 Å². The molecule has 0 fully saturated rings. The second-order valence-corrected chi connectivity index (χ2v) is 6.76. The lowest BCUT2D eigenvalue weighted by molar-refractivity contribution is 0.145. The van der Waals surface area contributed by atoms with Gasteiger partial charge in [0.05, 0.1) is 7.11 Å². The minimum absolute atomic E-state index is 0.0538. The van der Waals surface area contributed by atoms with Gasteiger partial charge in [-0.1, -0.05) is 36.4 Å². The van der Waals surface area contributed by atoms with E-state index in [1.165, 1.54) is 0 Å². The number of nitrogens with two attached hydrogens (primary N) is 1. The summed E-state index contributed by atoms with van der Waals surface area (Å²) in [4.78, 5) is 12.0. The van der Waals surface area contributed by atoms with Gasteiger partial charge in [0.2, 0.25) is 0 Å². The molecule has 0 unspecified atom stereocenters. The fourth-order valence-electron chi connectivity index (χ4n) is 2.81. The van der Waals surface area contributed by atoms with Crippen LogP contribution in [-0.4, -0.2) is 19.0 Å². The smallest absolute Gasteiger partial charge is 0.413 e. The van der Waals surface area contributed by atoms with E-state index in [2.05, 4.69) is 5.32 Å². The molecule has 0 aliphatic carbocycles. The third kappa shape index (κ3) is 6.58. The number of ether oxygens (including phenoxy) is 3. The Morgan fingerprint density at radius 2 is 1.58 bits per heavy atom. The van der Waals surface area contributed by atoms with Crippen LogP contribution in [0.1, 0.15) is 22.3 Å². The molecule has 160 valence electrons. The van der Waals surface area contributed by atoms with Gasteiger partial charge >= 0.3 is 6.09 Å². The molecule has 3 rings (SSSR count). The second-order valence-electron chi connectivity index (χ2n) is 6.76. The van der Waals surface area contributed by atoms with E-state index in [9.17, 15) is 4.79 Å². The molecule has 0 saturated carbocycles. The number of amides is 1. The van der Waals surface area contributed by atoms with Crippen molar-refractivity contribution in [2.75, 3.05) is 7.11 Å². The van der Waals surface area contributed by atoms with Crippen molar-refractivity contribution in [2.45, 2.75) is 19.8 Å². The molecular weight excluding hydrogens is 394 g/mol. The summed E-state index contributed by atoms with van der Waals surface area (Å²) < 4.78 is 16.0. The van der Waals surface area contributed by atoms with Crippen LogP contribution in [-0.2, 0) is 24.5 Å². The molecule has 0 aliphatic rings. The second kappa shape index (κ2) is 10.8. The van der Waals surface area contributed by atoms with Crippen LogP contribution < -0.4 is 20.5 Å². The zero-order chi connectivity index (χ0) is 22.1. The topological polar surface area (TPSA) is 107 Å². The van der Waals surface area contributed by atoms with Crippen LogP contribution in [0.4, 0.5) is 4.79 Å². The molecule has 0 bridgehead atoms. The number of amidine groups is 1. The van der Waals surface area contributed by atoms with Gasteiger partial charge in [-0.3, -0.25) is 10.7 Å². The van der Waals surface area contributed by atoms with Gasteiger partial charge in [0.15, 0.2) is 0 Å². The zero-order valence-electron chi connectivity index (χ0n) is 17.3. The van der Waals surface area contributed by atoms with E-state index in [0.717, 1.165) is 22.4 Å². The SMILES string of the molecule is COc1ccc(COC(=O)NC(=N)c2ccc(OCc3cccc(CN)c3)cc2)cc1. The first-order chi connectivity index (χ1) is 15.1. The number of hydrogen-bond donors (Lipinski definition) is 3. The van der Waals surface area contributed by atoms with Crippen LogP contribution in [0.15, 0.2) is 72.8 Å². The predicted molar refractivity (Wildman–Crippen MR) is 118 cm³/mol. The first-order valence-corrected chi connectivity index (χ1v) is 9.74. The summed E-state index contributed by atoms with van der Waals surface area (Å²) in [6, 6.07) is 22.0. The molecule has 0 aliphatic heterocycles. The highest BCUT2D eigenvalue weighted by Gasteiger charge is 2.09. The summed E-state index contributed by atoms with van der Waals surface area (Å²) >= 11 is 0. The number of carbonyl (C=O) groups is 1. The maximum atomic E-state index is 12.0. The van der Waals surface area contributed by atoms with Crippen LogP contribution in [0.25, 0.3) is 0 Å². The lowest BCUT2D eigenvalue weighted by atomic mass is 10.1. The third-order valence-electron chi connectivity index (χ3n) is 4.53. The summed E-state index contributed by atoms with van der Waals surface area (Å²) in [7, 11) is 1.59. The van der Waals surface area contributed by atoms with Gasteiger partial charge in [-0.05, 0) is 53.1 Å². The first kappa shape index (κ1) is 21.9. The molecule has 3 aromatic carbocycles. The van der Waals surface area contributed by atoms with Crippen molar-refractivity contribution in [1.82, 2.24) is 5.32 Å². The molecule has 0 heterocycles. The number of methoxy groups -OCH3 is 1. The number of nitrogens with one attached hydrogen (secondary N) is 2. The van der Waals surface area contributed by atoms with Gasteiger partial charge in [-0.25, -0.2) is 4.79 Å². The van der Waals surface area contributed by atoms with Crippen LogP contribution in [0.5, 0.6) is 11.5 Å². The summed E-state index contributed by atoms with van der Waals surface area (Å²) in [5.74, 6) is 1.34. The van der Waals surface area contributed by atoms with Gasteiger partial charge in [-0.2, -0.15) is 0 Å². The minimum atomic E-state index is -0.694. The molecule has 0 radical (unpaired) electrons. The summed E-state index contributed by atoms with van der Waals surface area (Å²) in [5, 5.41) is 10.5. The molecule has 1 amide bonds. The Balaban J connectivity index is 1.46. The number of alkyl carbamates (subject to hydrolysis) is 1. The largest absolute Gasteiger partial charge is 0.497 e. The van der Waals surface area contributed by atoms with Gasteiger partial charge in [0.1, 0.15) is 30.5 Å². The van der Waals surface area contributed by atoms with Crippen molar-refractivity contribution in [3.8, 4) is 11.5 Å². The maximum absolute atomic E-state index is 12.0. The fraction of sp³-hybridized carbons (Fsp3) is 0.167. The van der Waals surface area contributed by atoms with Crippen LogP contribution >= 0.6 is 0 Å². The standard InChI is InChI=1S/C24H25N3O4/c1-29-21-9-5-17(6-10-21)15-31-24(28)27-23(26)20-7-11-22(12-8-20)30-16-19-4-2-3-18(13-19)14-25/h2-13H,14-16,25H2,1H3,(H2,26,27,28). The Morgan fingerprint density at radius 1 is 0.903 bits per heavy atom. The van der Waals surface area contributed by atoms with Gasteiger partial charge in [0, 0.05) is 12.1 Å². The molecular formula is C24H25N3O4. The average Bonchev–Trinajstić information content (AvgIpc) is 2.82. The third-order valence-corrected chi connectivity index (χ3v) is 4.53. The number of benzene rings is 3. The normalized spacial score (nSPS) is 10.3. The molecule has 7 nitrogen and oxygen atoms in total. The Labute approximate surface area is 181 Å². The Hall–Kier alpha value is -3.84. The van der Waals surface area contributed by atoms with E-state index < -0.39 is 6.09 Å². The molecule has 4 N–H and O–H groups in total. The van der Waals surface area contributed by atoms with E-state index in [1.54, 1.807) is 43.5 Å². The van der Waals surface area contributed by atoms with E-state index in [0.29, 0.717) is 24.5 Å². The maximum Gasteiger partial charge on any atom is 0.413 e. The molecule has 0 atom stereocenters. The molecule has 0 saturated heterocycles. The van der Waals surface area contributed by atoms with E-state index in [4.69, 9.17) is 25.4 Å². The average molecular weight is 419 g/mol. The van der Waals surface area contributed by atoms with E-state index in [-0.39, 0.29) is 12.4 Å². The number of rotatable bonds is 8. The van der Waals surface area contributed by atoms with Crippen LogP contribution in [0, 0.1) is 5.41 Å². The van der Waals surface area contributed by atoms with Crippen molar-refractivity contribution in [3.63, 3.8) is 0 Å². The van der Waals surface area contributed by atoms with Crippen LogP contribution in [0.2, 0.25) is 0 Å². The van der Waals surface area contributed by atoms with Gasteiger partial charge < -0.3 is 19.9 Å². The molecule has 3 aromatic rings. The summed E-state index contributed by atoms with van der Waals surface area (Å²) in [6.07, 6.45) is -0.694. The van der Waals surface area contributed by atoms with Crippen molar-refractivity contribution < 1.29 is 19.0 Å². The van der Waals surface area contributed by atoms with Crippen molar-refractivity contribution in [1.29, 1.82) is 5.41 Å². The quantitative estimate of drug-likeness (QED) is 0.378. The highest BCUT2D eigenvalue weighted by molar-refractivity contribution is 6.04. The van der Waals surface area contributed by atoms with Gasteiger partial charge in [0.25, 0.3) is 0 Å². The fourth-order valence-corrected chi connectivity index (χ4v) is 2.81. The first-order valence-electron chi connectivity index (χ1n) is 9.74. The molecule has 0 spiro atoms. The van der Waals surface area contributed by atoms with Crippen LogP contribution in [0.3, 0.4) is 0 Å².